The highest BCUT2D eigenvalue weighted by Crippen LogP contribution is 2.20. The number of rotatable bonds is 3. The molecule has 1 saturated heterocycles. The van der Waals surface area contributed by atoms with Crippen molar-refractivity contribution in [1.29, 1.82) is 0 Å². The third-order valence-electron chi connectivity index (χ3n) is 3.06. The van der Waals surface area contributed by atoms with E-state index in [2.05, 4.69) is 27.9 Å². The van der Waals surface area contributed by atoms with Crippen LogP contribution >= 0.6 is 22.6 Å². The molecule has 1 aliphatic rings. The van der Waals surface area contributed by atoms with Crippen molar-refractivity contribution < 1.29 is 9.59 Å². The Bertz CT molecular complexity index is 476. The van der Waals surface area contributed by atoms with E-state index < -0.39 is 0 Å². The fraction of sp³-hybridized carbons (Fsp3) is 0.385. The van der Waals surface area contributed by atoms with Gasteiger partial charge in [-0.05, 0) is 47.7 Å². The molecule has 4 nitrogen and oxygen atoms in total. The van der Waals surface area contributed by atoms with E-state index >= 15 is 0 Å². The van der Waals surface area contributed by atoms with Gasteiger partial charge in [0.25, 0.3) is 0 Å². The van der Waals surface area contributed by atoms with Gasteiger partial charge >= 0.3 is 0 Å². The summed E-state index contributed by atoms with van der Waals surface area (Å²) in [5.74, 6) is -0.225. The summed E-state index contributed by atoms with van der Waals surface area (Å²) >= 11 is 2.20. The number of likely N-dealkylation sites (tertiary alicyclic amines) is 1. The molecule has 5 heteroatoms. The predicted molar refractivity (Wildman–Crippen MR) is 78.1 cm³/mol. The summed E-state index contributed by atoms with van der Waals surface area (Å²) in [5, 5.41) is 2.87. The molecule has 96 valence electrons. The zero-order valence-corrected chi connectivity index (χ0v) is 12.3. The Labute approximate surface area is 120 Å². The largest absolute Gasteiger partial charge is 0.342 e. The van der Waals surface area contributed by atoms with Crippen LogP contribution in [0, 0.1) is 9.49 Å². The molecular formula is C13H15IN2O2. The summed E-state index contributed by atoms with van der Waals surface area (Å²) in [5.41, 5.74) is 0.786. The lowest BCUT2D eigenvalue weighted by atomic mass is 10.1. The summed E-state index contributed by atoms with van der Waals surface area (Å²) < 4.78 is 1.07. The van der Waals surface area contributed by atoms with E-state index in [1.54, 1.807) is 4.90 Å². The van der Waals surface area contributed by atoms with Gasteiger partial charge in [0.15, 0.2) is 0 Å². The Morgan fingerprint density at radius 2 is 2.33 bits per heavy atom. The minimum atomic E-state index is -0.227. The van der Waals surface area contributed by atoms with Crippen molar-refractivity contribution >= 4 is 40.1 Å². The number of benzene rings is 1. The standard InChI is InChI=1S/C13H15IN2O2/c1-2-16-8-9(6-12(16)17)13(18)15-11-5-3-4-10(14)7-11/h3-5,7,9H,2,6,8H2,1H3,(H,15,18)/t9-/m0/s1. The molecule has 18 heavy (non-hydrogen) atoms. The first-order valence-electron chi connectivity index (χ1n) is 5.94. The average Bonchev–Trinajstić information content (AvgIpc) is 2.70. The zero-order valence-electron chi connectivity index (χ0n) is 10.1. The first-order valence-corrected chi connectivity index (χ1v) is 7.02. The van der Waals surface area contributed by atoms with Gasteiger partial charge in [-0.3, -0.25) is 9.59 Å². The van der Waals surface area contributed by atoms with Crippen LogP contribution in [0.25, 0.3) is 0 Å². The van der Waals surface area contributed by atoms with Crippen LogP contribution in [0.5, 0.6) is 0 Å². The molecule has 0 bridgehead atoms. The van der Waals surface area contributed by atoms with Crippen LogP contribution in [0.15, 0.2) is 24.3 Å². The lowest BCUT2D eigenvalue weighted by molar-refractivity contribution is -0.128. The number of halogens is 1. The molecule has 0 saturated carbocycles. The van der Waals surface area contributed by atoms with E-state index in [1.165, 1.54) is 0 Å². The highest BCUT2D eigenvalue weighted by molar-refractivity contribution is 14.1. The summed E-state index contributed by atoms with van der Waals surface area (Å²) in [6.45, 7) is 3.13. The summed E-state index contributed by atoms with van der Waals surface area (Å²) in [6, 6.07) is 7.63. The maximum absolute atomic E-state index is 12.0. The Kier molecular flexibility index (Phi) is 4.21. The first kappa shape index (κ1) is 13.3. The smallest absolute Gasteiger partial charge is 0.229 e. The highest BCUT2D eigenvalue weighted by atomic mass is 127. The zero-order chi connectivity index (χ0) is 13.1. The Morgan fingerprint density at radius 3 is 2.94 bits per heavy atom. The van der Waals surface area contributed by atoms with E-state index in [4.69, 9.17) is 0 Å². The second kappa shape index (κ2) is 5.69. The molecule has 1 fully saturated rings. The van der Waals surface area contributed by atoms with Crippen molar-refractivity contribution in [2.45, 2.75) is 13.3 Å². The first-order chi connectivity index (χ1) is 8.60. The summed E-state index contributed by atoms with van der Waals surface area (Å²) in [4.78, 5) is 25.3. The maximum atomic E-state index is 12.0. The molecule has 0 unspecified atom stereocenters. The predicted octanol–water partition coefficient (Wildman–Crippen LogP) is 2.10. The molecule has 2 amide bonds. The molecule has 0 aliphatic carbocycles. The van der Waals surface area contributed by atoms with Gasteiger partial charge in [0, 0.05) is 28.8 Å². The van der Waals surface area contributed by atoms with Gasteiger partial charge in [-0.2, -0.15) is 0 Å². The minimum Gasteiger partial charge on any atom is -0.342 e. The van der Waals surface area contributed by atoms with E-state index in [-0.39, 0.29) is 17.7 Å². The normalized spacial score (nSPS) is 19.1. The fourth-order valence-corrected chi connectivity index (χ4v) is 2.61. The Balaban J connectivity index is 1.99. The molecule has 1 aromatic rings. The summed E-state index contributed by atoms with van der Waals surface area (Å²) in [7, 11) is 0. The second-order valence-corrected chi connectivity index (χ2v) is 5.58. The van der Waals surface area contributed by atoms with Crippen molar-refractivity contribution in [3.8, 4) is 0 Å². The monoisotopic (exact) mass is 358 g/mol. The van der Waals surface area contributed by atoms with Crippen molar-refractivity contribution in [1.82, 2.24) is 4.90 Å². The third kappa shape index (κ3) is 3.01. The van der Waals surface area contributed by atoms with Crippen LogP contribution in [0.1, 0.15) is 13.3 Å². The topological polar surface area (TPSA) is 49.4 Å². The second-order valence-electron chi connectivity index (χ2n) is 4.33. The number of anilines is 1. The third-order valence-corrected chi connectivity index (χ3v) is 3.73. The molecular weight excluding hydrogens is 343 g/mol. The number of amides is 2. The number of hydrogen-bond acceptors (Lipinski definition) is 2. The van der Waals surface area contributed by atoms with E-state index in [0.29, 0.717) is 19.5 Å². The van der Waals surface area contributed by atoms with Crippen LogP contribution in [-0.2, 0) is 9.59 Å². The molecule has 1 heterocycles. The SMILES string of the molecule is CCN1C[C@@H](C(=O)Nc2cccc(I)c2)CC1=O. The molecule has 2 rings (SSSR count). The van der Waals surface area contributed by atoms with Gasteiger partial charge in [-0.25, -0.2) is 0 Å². The molecule has 1 aromatic carbocycles. The van der Waals surface area contributed by atoms with Crippen LogP contribution < -0.4 is 5.32 Å². The van der Waals surface area contributed by atoms with Crippen molar-refractivity contribution in [3.63, 3.8) is 0 Å². The molecule has 1 N–H and O–H groups in total. The van der Waals surface area contributed by atoms with Gasteiger partial charge in [-0.1, -0.05) is 6.07 Å². The van der Waals surface area contributed by atoms with Crippen LogP contribution in [-0.4, -0.2) is 29.8 Å². The van der Waals surface area contributed by atoms with Crippen LogP contribution in [0.3, 0.4) is 0 Å². The molecule has 0 aromatic heterocycles. The average molecular weight is 358 g/mol. The number of nitrogens with zero attached hydrogens (tertiary/aromatic N) is 1. The van der Waals surface area contributed by atoms with E-state index in [0.717, 1.165) is 9.26 Å². The van der Waals surface area contributed by atoms with Gasteiger partial charge in [-0.15, -0.1) is 0 Å². The number of nitrogens with one attached hydrogen (secondary N) is 1. The fourth-order valence-electron chi connectivity index (χ4n) is 2.06. The number of hydrogen-bond donors (Lipinski definition) is 1. The van der Waals surface area contributed by atoms with Gasteiger partial charge in [0.1, 0.15) is 0 Å². The van der Waals surface area contributed by atoms with E-state index in [9.17, 15) is 9.59 Å². The minimum absolute atomic E-state index is 0.0682. The molecule has 1 aliphatic heterocycles. The highest BCUT2D eigenvalue weighted by Gasteiger charge is 2.33. The van der Waals surface area contributed by atoms with Crippen LogP contribution in [0.4, 0.5) is 5.69 Å². The maximum Gasteiger partial charge on any atom is 0.229 e. The van der Waals surface area contributed by atoms with Crippen molar-refractivity contribution in [2.75, 3.05) is 18.4 Å². The van der Waals surface area contributed by atoms with Crippen molar-refractivity contribution in [3.05, 3.63) is 27.8 Å². The van der Waals surface area contributed by atoms with Crippen LogP contribution in [0.2, 0.25) is 0 Å². The molecule has 0 radical (unpaired) electrons. The Hall–Kier alpha value is -1.11. The quantitative estimate of drug-likeness (QED) is 0.842. The van der Waals surface area contributed by atoms with Gasteiger partial charge < -0.3 is 10.2 Å². The number of carbonyl (C=O) groups excluding carboxylic acids is 2. The lowest BCUT2D eigenvalue weighted by Crippen LogP contribution is -2.28. The van der Waals surface area contributed by atoms with Gasteiger partial charge in [0.2, 0.25) is 11.8 Å². The molecule has 0 spiro atoms. The van der Waals surface area contributed by atoms with Gasteiger partial charge in [0.05, 0.1) is 5.92 Å². The lowest BCUT2D eigenvalue weighted by Gasteiger charge is -2.13. The Morgan fingerprint density at radius 1 is 1.56 bits per heavy atom. The van der Waals surface area contributed by atoms with E-state index in [1.807, 2.05) is 31.2 Å². The number of carbonyl (C=O) groups is 2. The van der Waals surface area contributed by atoms with Crippen molar-refractivity contribution in [2.24, 2.45) is 5.92 Å². The summed E-state index contributed by atoms with van der Waals surface area (Å²) in [6.07, 6.45) is 0.323. The molecule has 1 atom stereocenters.